The van der Waals surface area contributed by atoms with Crippen LogP contribution >= 0.6 is 15.9 Å². The highest BCUT2D eigenvalue weighted by Gasteiger charge is 2.32. The number of nitrogens with two attached hydrogens (primary N) is 1. The maximum Gasteiger partial charge on any atom is 0.134 e. The molecule has 122 valence electrons. The fourth-order valence-electron chi connectivity index (χ4n) is 3.52. The summed E-state index contributed by atoms with van der Waals surface area (Å²) in [5, 5.41) is 0. The van der Waals surface area contributed by atoms with Crippen molar-refractivity contribution in [2.24, 2.45) is 5.73 Å². The van der Waals surface area contributed by atoms with E-state index in [1.165, 1.54) is 43.2 Å². The third kappa shape index (κ3) is 3.78. The molecule has 2 aromatic rings. The molecule has 2 nitrogen and oxygen atoms in total. The monoisotopic (exact) mass is 373 g/mol. The van der Waals surface area contributed by atoms with Crippen molar-refractivity contribution >= 4 is 15.9 Å². The third-order valence-electron chi connectivity index (χ3n) is 4.98. The van der Waals surface area contributed by atoms with E-state index in [1.807, 2.05) is 18.2 Å². The lowest BCUT2D eigenvalue weighted by molar-refractivity contribution is 0.295. The quantitative estimate of drug-likeness (QED) is 0.782. The maximum atomic E-state index is 6.15. The summed E-state index contributed by atoms with van der Waals surface area (Å²) in [5.41, 5.74) is 8.82. The highest BCUT2D eigenvalue weighted by Crippen LogP contribution is 2.41. The van der Waals surface area contributed by atoms with Gasteiger partial charge in [0.05, 0.1) is 4.47 Å². The summed E-state index contributed by atoms with van der Waals surface area (Å²) in [4.78, 5) is 0. The van der Waals surface area contributed by atoms with Crippen LogP contribution in [-0.4, -0.2) is 6.54 Å². The van der Waals surface area contributed by atoms with Gasteiger partial charge in [-0.3, -0.25) is 0 Å². The van der Waals surface area contributed by atoms with Crippen LogP contribution in [0.2, 0.25) is 0 Å². The summed E-state index contributed by atoms with van der Waals surface area (Å²) in [7, 11) is 0. The normalized spacial score (nSPS) is 17.0. The summed E-state index contributed by atoms with van der Waals surface area (Å²) >= 11 is 3.67. The van der Waals surface area contributed by atoms with Gasteiger partial charge < -0.3 is 10.5 Å². The Hall–Kier alpha value is -1.32. The van der Waals surface area contributed by atoms with E-state index in [0.717, 1.165) is 16.8 Å². The molecular formula is C20H24BrNO. The highest BCUT2D eigenvalue weighted by molar-refractivity contribution is 9.10. The molecule has 0 unspecified atom stereocenters. The zero-order valence-corrected chi connectivity index (χ0v) is 15.0. The molecule has 1 saturated carbocycles. The zero-order chi connectivity index (χ0) is 16.1. The molecule has 2 aromatic carbocycles. The summed E-state index contributed by atoms with van der Waals surface area (Å²) in [6, 6.07) is 16.7. The van der Waals surface area contributed by atoms with Gasteiger partial charge in [-0.2, -0.15) is 0 Å². The van der Waals surface area contributed by atoms with E-state index < -0.39 is 0 Å². The minimum atomic E-state index is 0.152. The minimum absolute atomic E-state index is 0.152. The van der Waals surface area contributed by atoms with Gasteiger partial charge in [-0.15, -0.1) is 0 Å². The van der Waals surface area contributed by atoms with Crippen LogP contribution in [0.3, 0.4) is 0 Å². The van der Waals surface area contributed by atoms with Crippen molar-refractivity contribution in [1.82, 2.24) is 0 Å². The zero-order valence-electron chi connectivity index (χ0n) is 13.4. The number of benzene rings is 2. The van der Waals surface area contributed by atoms with Crippen molar-refractivity contribution < 1.29 is 4.74 Å². The Labute approximate surface area is 147 Å². The van der Waals surface area contributed by atoms with Gasteiger partial charge in [0.1, 0.15) is 12.4 Å². The second-order valence-electron chi connectivity index (χ2n) is 6.46. The van der Waals surface area contributed by atoms with Gasteiger partial charge in [-0.1, -0.05) is 55.7 Å². The molecular weight excluding hydrogens is 350 g/mol. The van der Waals surface area contributed by atoms with Crippen LogP contribution in [-0.2, 0) is 12.0 Å². The molecule has 3 rings (SSSR count). The van der Waals surface area contributed by atoms with E-state index in [2.05, 4.69) is 46.3 Å². The fourth-order valence-corrected chi connectivity index (χ4v) is 4.02. The first-order valence-corrected chi connectivity index (χ1v) is 9.20. The van der Waals surface area contributed by atoms with Crippen molar-refractivity contribution in [2.45, 2.75) is 44.1 Å². The predicted molar refractivity (Wildman–Crippen MR) is 98.7 cm³/mol. The molecule has 1 aliphatic rings. The standard InChI is InChI=1S/C20H24BrNO/c21-18-13-17(20(15-22)11-5-2-6-12-20)9-10-19(18)23-14-16-7-3-1-4-8-16/h1,3-4,7-10,13H,2,5-6,11-12,14-15,22H2. The first-order valence-electron chi connectivity index (χ1n) is 8.40. The Kier molecular flexibility index (Phi) is 5.39. The fraction of sp³-hybridized carbons (Fsp3) is 0.400. The second-order valence-corrected chi connectivity index (χ2v) is 7.32. The second kappa shape index (κ2) is 7.50. The van der Waals surface area contributed by atoms with Crippen molar-refractivity contribution in [3.8, 4) is 5.75 Å². The molecule has 23 heavy (non-hydrogen) atoms. The van der Waals surface area contributed by atoms with Crippen LogP contribution in [0.25, 0.3) is 0 Å². The van der Waals surface area contributed by atoms with Crippen LogP contribution < -0.4 is 10.5 Å². The van der Waals surface area contributed by atoms with E-state index in [-0.39, 0.29) is 5.41 Å². The van der Waals surface area contributed by atoms with Gasteiger partial charge in [0, 0.05) is 12.0 Å². The molecule has 0 aliphatic heterocycles. The van der Waals surface area contributed by atoms with Crippen LogP contribution in [0, 0.1) is 0 Å². The summed E-state index contributed by atoms with van der Waals surface area (Å²) < 4.78 is 6.97. The van der Waals surface area contributed by atoms with Gasteiger partial charge in [0.2, 0.25) is 0 Å². The Morgan fingerprint density at radius 2 is 1.74 bits per heavy atom. The lowest BCUT2D eigenvalue weighted by atomic mass is 9.69. The molecule has 3 heteroatoms. The van der Waals surface area contributed by atoms with E-state index in [4.69, 9.17) is 10.5 Å². The Morgan fingerprint density at radius 1 is 1.00 bits per heavy atom. The summed E-state index contributed by atoms with van der Waals surface area (Å²) in [5.74, 6) is 0.889. The van der Waals surface area contributed by atoms with E-state index in [1.54, 1.807) is 0 Å². The van der Waals surface area contributed by atoms with Crippen molar-refractivity contribution in [2.75, 3.05) is 6.54 Å². The molecule has 1 aliphatic carbocycles. The molecule has 0 amide bonds. The van der Waals surface area contributed by atoms with E-state index >= 15 is 0 Å². The van der Waals surface area contributed by atoms with E-state index in [0.29, 0.717) is 6.61 Å². The van der Waals surface area contributed by atoms with Gasteiger partial charge in [0.25, 0.3) is 0 Å². The number of hydrogen-bond donors (Lipinski definition) is 1. The minimum Gasteiger partial charge on any atom is -0.488 e. The number of ether oxygens (including phenoxy) is 1. The molecule has 2 N–H and O–H groups in total. The molecule has 0 heterocycles. The molecule has 0 radical (unpaired) electrons. The van der Waals surface area contributed by atoms with Gasteiger partial charge in [0.15, 0.2) is 0 Å². The molecule has 0 spiro atoms. The Morgan fingerprint density at radius 3 is 2.39 bits per heavy atom. The summed E-state index contributed by atoms with van der Waals surface area (Å²) in [6.45, 7) is 1.31. The first-order chi connectivity index (χ1) is 11.2. The average Bonchev–Trinajstić information content (AvgIpc) is 2.62. The molecule has 0 aromatic heterocycles. The van der Waals surface area contributed by atoms with Gasteiger partial charge in [-0.25, -0.2) is 0 Å². The molecule has 0 saturated heterocycles. The van der Waals surface area contributed by atoms with Crippen LogP contribution in [0.5, 0.6) is 5.75 Å². The Bertz CT molecular complexity index is 635. The van der Waals surface area contributed by atoms with Crippen LogP contribution in [0.15, 0.2) is 53.0 Å². The average molecular weight is 374 g/mol. The number of hydrogen-bond acceptors (Lipinski definition) is 2. The number of halogens is 1. The van der Waals surface area contributed by atoms with Gasteiger partial charge >= 0.3 is 0 Å². The van der Waals surface area contributed by atoms with Gasteiger partial charge in [-0.05, 0) is 52.0 Å². The highest BCUT2D eigenvalue weighted by atomic mass is 79.9. The predicted octanol–water partition coefficient (Wildman–Crippen LogP) is 5.19. The van der Waals surface area contributed by atoms with Crippen molar-refractivity contribution in [3.05, 3.63) is 64.1 Å². The number of rotatable bonds is 5. The molecule has 1 fully saturated rings. The SMILES string of the molecule is NCC1(c2ccc(OCc3ccccc3)c(Br)c2)CCCCC1. The summed E-state index contributed by atoms with van der Waals surface area (Å²) in [6.07, 6.45) is 6.28. The van der Waals surface area contributed by atoms with E-state index in [9.17, 15) is 0 Å². The molecule has 0 bridgehead atoms. The lowest BCUT2D eigenvalue weighted by Crippen LogP contribution is -2.37. The lowest BCUT2D eigenvalue weighted by Gasteiger charge is -2.37. The van der Waals surface area contributed by atoms with Crippen molar-refractivity contribution in [3.63, 3.8) is 0 Å². The maximum absolute atomic E-state index is 6.15. The van der Waals surface area contributed by atoms with Crippen LogP contribution in [0.1, 0.15) is 43.2 Å². The first kappa shape index (κ1) is 16.5. The van der Waals surface area contributed by atoms with Crippen LogP contribution in [0.4, 0.5) is 0 Å². The Balaban J connectivity index is 1.75. The topological polar surface area (TPSA) is 35.2 Å². The molecule has 0 atom stereocenters. The largest absolute Gasteiger partial charge is 0.488 e. The third-order valence-corrected chi connectivity index (χ3v) is 5.60. The smallest absolute Gasteiger partial charge is 0.134 e. The van der Waals surface area contributed by atoms with Crippen molar-refractivity contribution in [1.29, 1.82) is 0 Å².